The predicted molar refractivity (Wildman–Crippen MR) is 95.0 cm³/mol. The zero-order valence-corrected chi connectivity index (χ0v) is 14.5. The van der Waals surface area contributed by atoms with Gasteiger partial charge in [0.2, 0.25) is 5.91 Å². The Balaban J connectivity index is 1.70. The smallest absolute Gasteiger partial charge is 0.253 e. The van der Waals surface area contributed by atoms with Crippen LogP contribution in [0.2, 0.25) is 0 Å². The molecule has 3 rings (SSSR count). The molecule has 1 N–H and O–H groups in total. The van der Waals surface area contributed by atoms with Crippen molar-refractivity contribution in [2.45, 2.75) is 26.2 Å². The fourth-order valence-electron chi connectivity index (χ4n) is 3.10. The van der Waals surface area contributed by atoms with Crippen molar-refractivity contribution in [3.8, 4) is 0 Å². The lowest BCUT2D eigenvalue weighted by molar-refractivity contribution is -0.115. The number of likely N-dealkylation sites (tertiary alicyclic amines) is 1. The Hall–Kier alpha value is -2.76. The van der Waals surface area contributed by atoms with Gasteiger partial charge in [-0.3, -0.25) is 9.59 Å². The number of hydrogen-bond acceptors (Lipinski definition) is 2. The summed E-state index contributed by atoms with van der Waals surface area (Å²) < 4.78 is 27.3. The third-order valence-electron chi connectivity index (χ3n) is 4.54. The van der Waals surface area contributed by atoms with Gasteiger partial charge in [0.15, 0.2) is 0 Å². The molecule has 2 aromatic rings. The lowest BCUT2D eigenvalue weighted by atomic mass is 10.1. The number of carbonyl (C=O) groups excluding carboxylic acids is 2. The number of carbonyl (C=O) groups is 2. The molecule has 1 aliphatic rings. The zero-order chi connectivity index (χ0) is 18.7. The summed E-state index contributed by atoms with van der Waals surface area (Å²) in [6, 6.07) is 8.53. The summed E-state index contributed by atoms with van der Waals surface area (Å²) >= 11 is 0. The number of anilines is 1. The molecule has 2 aromatic carbocycles. The second-order valence-corrected chi connectivity index (χ2v) is 6.45. The number of amides is 2. The predicted octanol–water partition coefficient (Wildman–Crippen LogP) is 3.69. The molecule has 0 aliphatic carbocycles. The first kappa shape index (κ1) is 18.0. The normalized spacial score (nSPS) is 13.7. The van der Waals surface area contributed by atoms with Crippen LogP contribution in [0.5, 0.6) is 0 Å². The molecule has 136 valence electrons. The van der Waals surface area contributed by atoms with Crippen LogP contribution >= 0.6 is 0 Å². The lowest BCUT2D eigenvalue weighted by Crippen LogP contribution is -2.27. The molecule has 0 bridgehead atoms. The van der Waals surface area contributed by atoms with Gasteiger partial charge in [0.25, 0.3) is 5.91 Å². The van der Waals surface area contributed by atoms with Crippen molar-refractivity contribution in [2.24, 2.45) is 0 Å². The molecule has 0 radical (unpaired) electrons. The fourth-order valence-corrected chi connectivity index (χ4v) is 3.10. The van der Waals surface area contributed by atoms with Crippen LogP contribution in [0.3, 0.4) is 0 Å². The Morgan fingerprint density at radius 2 is 1.73 bits per heavy atom. The molecule has 0 unspecified atom stereocenters. The minimum atomic E-state index is -0.747. The topological polar surface area (TPSA) is 49.4 Å². The molecule has 26 heavy (non-hydrogen) atoms. The first-order valence-corrected chi connectivity index (χ1v) is 8.58. The van der Waals surface area contributed by atoms with E-state index < -0.39 is 24.0 Å². The van der Waals surface area contributed by atoms with Gasteiger partial charge in [-0.1, -0.05) is 6.07 Å². The van der Waals surface area contributed by atoms with Crippen molar-refractivity contribution in [3.63, 3.8) is 0 Å². The standard InChI is InChI=1S/C20H20F2N2O2/c1-13-11-14(20(26)24-9-2-3-10-24)7-8-18(13)23-19(25)12-15-16(21)5-4-6-17(15)22/h4-8,11H,2-3,9-10,12H2,1H3,(H,23,25). The van der Waals surface area contributed by atoms with Crippen molar-refractivity contribution < 1.29 is 18.4 Å². The molecule has 1 saturated heterocycles. The van der Waals surface area contributed by atoms with E-state index in [4.69, 9.17) is 0 Å². The largest absolute Gasteiger partial charge is 0.339 e. The Morgan fingerprint density at radius 1 is 1.08 bits per heavy atom. The first-order valence-electron chi connectivity index (χ1n) is 8.58. The van der Waals surface area contributed by atoms with Crippen molar-refractivity contribution in [1.29, 1.82) is 0 Å². The summed E-state index contributed by atoms with van der Waals surface area (Å²) in [4.78, 5) is 26.4. The van der Waals surface area contributed by atoms with Crippen molar-refractivity contribution in [1.82, 2.24) is 4.90 Å². The van der Waals surface area contributed by atoms with E-state index in [0.717, 1.165) is 43.6 Å². The monoisotopic (exact) mass is 358 g/mol. The quantitative estimate of drug-likeness (QED) is 0.906. The minimum absolute atomic E-state index is 0.0168. The van der Waals surface area contributed by atoms with Gasteiger partial charge in [0, 0.05) is 29.9 Å². The maximum atomic E-state index is 13.7. The summed E-state index contributed by atoms with van der Waals surface area (Å²) in [5.74, 6) is -2.03. The molecule has 1 fully saturated rings. The Morgan fingerprint density at radius 3 is 2.35 bits per heavy atom. The van der Waals surface area contributed by atoms with Crippen LogP contribution in [0.25, 0.3) is 0 Å². The van der Waals surface area contributed by atoms with Gasteiger partial charge < -0.3 is 10.2 Å². The first-order chi connectivity index (χ1) is 12.5. The summed E-state index contributed by atoms with van der Waals surface area (Å²) in [7, 11) is 0. The Kier molecular flexibility index (Phi) is 5.30. The fraction of sp³-hybridized carbons (Fsp3) is 0.300. The molecular formula is C20H20F2N2O2. The molecule has 1 heterocycles. The molecular weight excluding hydrogens is 338 g/mol. The molecule has 0 spiro atoms. The van der Waals surface area contributed by atoms with E-state index in [0.29, 0.717) is 11.3 Å². The van der Waals surface area contributed by atoms with E-state index in [-0.39, 0.29) is 11.5 Å². The highest BCUT2D eigenvalue weighted by molar-refractivity contribution is 5.97. The third-order valence-corrected chi connectivity index (χ3v) is 4.54. The van der Waals surface area contributed by atoms with E-state index in [9.17, 15) is 18.4 Å². The molecule has 0 saturated carbocycles. The molecule has 2 amide bonds. The average Bonchev–Trinajstić information content (AvgIpc) is 3.14. The van der Waals surface area contributed by atoms with Gasteiger partial charge in [-0.15, -0.1) is 0 Å². The highest BCUT2D eigenvalue weighted by atomic mass is 19.1. The van der Waals surface area contributed by atoms with E-state index >= 15 is 0 Å². The highest BCUT2D eigenvalue weighted by Crippen LogP contribution is 2.20. The number of aryl methyl sites for hydroxylation is 1. The highest BCUT2D eigenvalue weighted by Gasteiger charge is 2.20. The third kappa shape index (κ3) is 3.90. The molecule has 1 aliphatic heterocycles. The van der Waals surface area contributed by atoms with E-state index in [2.05, 4.69) is 5.32 Å². The van der Waals surface area contributed by atoms with Gasteiger partial charge in [0.05, 0.1) is 6.42 Å². The number of nitrogens with one attached hydrogen (secondary N) is 1. The van der Waals surface area contributed by atoms with Crippen molar-refractivity contribution >= 4 is 17.5 Å². The SMILES string of the molecule is Cc1cc(C(=O)N2CCCC2)ccc1NC(=O)Cc1c(F)cccc1F. The maximum absolute atomic E-state index is 13.7. The van der Waals surface area contributed by atoms with Gasteiger partial charge in [0.1, 0.15) is 11.6 Å². The van der Waals surface area contributed by atoms with Gasteiger partial charge in [-0.25, -0.2) is 8.78 Å². The number of rotatable bonds is 4. The number of hydrogen-bond donors (Lipinski definition) is 1. The Labute approximate surface area is 150 Å². The number of nitrogens with zero attached hydrogens (tertiary/aromatic N) is 1. The van der Waals surface area contributed by atoms with Gasteiger partial charge >= 0.3 is 0 Å². The summed E-state index contributed by atoms with van der Waals surface area (Å²) in [5, 5.41) is 2.65. The summed E-state index contributed by atoms with van der Waals surface area (Å²) in [6.07, 6.45) is 1.64. The minimum Gasteiger partial charge on any atom is -0.339 e. The van der Waals surface area contributed by atoms with Gasteiger partial charge in [-0.05, 0) is 55.7 Å². The zero-order valence-electron chi connectivity index (χ0n) is 14.5. The van der Waals surface area contributed by atoms with Gasteiger partial charge in [-0.2, -0.15) is 0 Å². The molecule has 0 aromatic heterocycles. The Bertz CT molecular complexity index is 825. The van der Waals surface area contributed by atoms with Crippen LogP contribution in [0.4, 0.5) is 14.5 Å². The van der Waals surface area contributed by atoms with Crippen LogP contribution in [-0.4, -0.2) is 29.8 Å². The summed E-state index contributed by atoms with van der Waals surface area (Å²) in [6.45, 7) is 3.31. The number of benzene rings is 2. The van der Waals surface area contributed by atoms with Crippen LogP contribution in [0.15, 0.2) is 36.4 Å². The van der Waals surface area contributed by atoms with Crippen LogP contribution in [-0.2, 0) is 11.2 Å². The second kappa shape index (κ2) is 7.64. The van der Waals surface area contributed by atoms with Crippen LogP contribution in [0, 0.1) is 18.6 Å². The van der Waals surface area contributed by atoms with Crippen LogP contribution < -0.4 is 5.32 Å². The van der Waals surface area contributed by atoms with Crippen molar-refractivity contribution in [3.05, 3.63) is 64.7 Å². The molecule has 4 nitrogen and oxygen atoms in total. The average molecular weight is 358 g/mol. The van der Waals surface area contributed by atoms with E-state index in [1.165, 1.54) is 6.07 Å². The second-order valence-electron chi connectivity index (χ2n) is 6.45. The lowest BCUT2D eigenvalue weighted by Gasteiger charge is -2.16. The van der Waals surface area contributed by atoms with E-state index in [1.54, 1.807) is 25.1 Å². The molecule has 6 heteroatoms. The number of halogens is 2. The maximum Gasteiger partial charge on any atom is 0.253 e. The van der Waals surface area contributed by atoms with Crippen LogP contribution in [0.1, 0.15) is 34.3 Å². The molecule has 0 atom stereocenters. The van der Waals surface area contributed by atoms with E-state index in [1.807, 2.05) is 4.90 Å². The summed E-state index contributed by atoms with van der Waals surface area (Å²) in [5.41, 5.74) is 1.55. The van der Waals surface area contributed by atoms with Crippen molar-refractivity contribution in [2.75, 3.05) is 18.4 Å².